The number of anilines is 1. The first-order valence-corrected chi connectivity index (χ1v) is 8.61. The fourth-order valence-corrected chi connectivity index (χ4v) is 3.43. The first-order valence-electron chi connectivity index (χ1n) is 8.61. The van der Waals surface area contributed by atoms with E-state index in [-0.39, 0.29) is 17.4 Å². The highest BCUT2D eigenvalue weighted by molar-refractivity contribution is 6.35. The van der Waals surface area contributed by atoms with E-state index in [0.717, 1.165) is 17.7 Å². The van der Waals surface area contributed by atoms with Crippen LogP contribution in [0.2, 0.25) is 0 Å². The largest absolute Gasteiger partial charge is 0.486 e. The fourth-order valence-electron chi connectivity index (χ4n) is 3.43. The average Bonchev–Trinajstić information content (AvgIpc) is 3.48. The molecule has 0 atom stereocenters. The molecular formula is C20H15NO5. The van der Waals surface area contributed by atoms with Gasteiger partial charge in [-0.1, -0.05) is 12.1 Å². The van der Waals surface area contributed by atoms with Crippen LogP contribution in [0.4, 0.5) is 5.69 Å². The van der Waals surface area contributed by atoms with Crippen molar-refractivity contribution in [2.45, 2.75) is 12.8 Å². The lowest BCUT2D eigenvalue weighted by molar-refractivity contribution is 0.0925. The highest BCUT2D eigenvalue weighted by Crippen LogP contribution is 2.43. The normalized spacial score (nSPS) is 18.1. The zero-order chi connectivity index (χ0) is 17.8. The van der Waals surface area contributed by atoms with E-state index in [9.17, 15) is 14.4 Å². The molecule has 0 bridgehead atoms. The van der Waals surface area contributed by atoms with Crippen LogP contribution >= 0.6 is 0 Å². The lowest BCUT2D eigenvalue weighted by Crippen LogP contribution is -2.31. The maximum Gasteiger partial charge on any atom is 0.266 e. The third-order valence-corrected chi connectivity index (χ3v) is 4.91. The van der Waals surface area contributed by atoms with Crippen molar-refractivity contribution in [3.8, 4) is 11.5 Å². The maximum absolute atomic E-state index is 12.9. The van der Waals surface area contributed by atoms with Gasteiger partial charge in [0.15, 0.2) is 17.3 Å². The molecule has 0 aromatic heterocycles. The number of carbonyl (C=O) groups excluding carboxylic acids is 3. The van der Waals surface area contributed by atoms with E-state index >= 15 is 0 Å². The molecule has 1 aliphatic carbocycles. The standard InChI is InChI=1S/C20H15NO5/c22-18(11-5-6-11)14-9-16-17(26-8-7-25-16)10-15(14)21-19(23)12-3-1-2-4-13(12)20(21)24/h1-4,9-11H,5-8H2. The van der Waals surface area contributed by atoms with E-state index in [1.807, 2.05) is 0 Å². The summed E-state index contributed by atoms with van der Waals surface area (Å²) in [7, 11) is 0. The summed E-state index contributed by atoms with van der Waals surface area (Å²) in [4.78, 5) is 39.6. The van der Waals surface area contributed by atoms with E-state index < -0.39 is 11.8 Å². The number of ether oxygens (including phenoxy) is 2. The van der Waals surface area contributed by atoms with E-state index in [1.165, 1.54) is 0 Å². The van der Waals surface area contributed by atoms with Gasteiger partial charge < -0.3 is 9.47 Å². The number of nitrogens with zero attached hydrogens (tertiary/aromatic N) is 1. The molecule has 0 radical (unpaired) electrons. The number of Topliss-reactive ketones (excluding diaryl/α,β-unsaturated/α-hetero) is 1. The van der Waals surface area contributed by atoms with E-state index in [2.05, 4.69) is 0 Å². The van der Waals surface area contributed by atoms with Crippen LogP contribution in [0.5, 0.6) is 11.5 Å². The van der Waals surface area contributed by atoms with Crippen LogP contribution in [0.25, 0.3) is 0 Å². The summed E-state index contributed by atoms with van der Waals surface area (Å²) in [6.45, 7) is 0.779. The molecule has 0 spiro atoms. The summed E-state index contributed by atoms with van der Waals surface area (Å²) in [6.07, 6.45) is 1.66. The second-order valence-electron chi connectivity index (χ2n) is 6.64. The Kier molecular flexibility index (Phi) is 3.16. The number of ketones is 1. The maximum atomic E-state index is 12.9. The van der Waals surface area contributed by atoms with Gasteiger partial charge in [0.25, 0.3) is 11.8 Å². The van der Waals surface area contributed by atoms with Gasteiger partial charge in [-0.15, -0.1) is 0 Å². The van der Waals surface area contributed by atoms with E-state index in [0.29, 0.717) is 41.4 Å². The van der Waals surface area contributed by atoms with Crippen LogP contribution in [-0.2, 0) is 0 Å². The molecule has 0 unspecified atom stereocenters. The molecular weight excluding hydrogens is 334 g/mol. The fraction of sp³-hybridized carbons (Fsp3) is 0.250. The summed E-state index contributed by atoms with van der Waals surface area (Å²) in [5, 5.41) is 0. The van der Waals surface area contributed by atoms with Crippen molar-refractivity contribution in [2.75, 3.05) is 18.1 Å². The number of carbonyl (C=O) groups is 3. The van der Waals surface area contributed by atoms with Crippen molar-refractivity contribution in [3.63, 3.8) is 0 Å². The van der Waals surface area contributed by atoms with Crippen molar-refractivity contribution in [1.82, 2.24) is 0 Å². The zero-order valence-electron chi connectivity index (χ0n) is 13.9. The molecule has 26 heavy (non-hydrogen) atoms. The first kappa shape index (κ1) is 15.1. The van der Waals surface area contributed by atoms with Crippen LogP contribution in [0.1, 0.15) is 43.9 Å². The second kappa shape index (κ2) is 5.42. The van der Waals surface area contributed by atoms with Gasteiger partial charge in [0, 0.05) is 17.5 Å². The average molecular weight is 349 g/mol. The van der Waals surface area contributed by atoms with Crippen LogP contribution in [-0.4, -0.2) is 30.8 Å². The predicted molar refractivity (Wildman–Crippen MR) is 92.1 cm³/mol. The number of amides is 2. The Bertz CT molecular complexity index is 941. The van der Waals surface area contributed by atoms with Crippen molar-refractivity contribution in [1.29, 1.82) is 0 Å². The lowest BCUT2D eigenvalue weighted by atomic mass is 10.0. The van der Waals surface area contributed by atoms with Gasteiger partial charge >= 0.3 is 0 Å². The SMILES string of the molecule is O=C(c1cc2c(cc1N1C(=O)c3ccccc3C1=O)OCCO2)C1CC1. The monoisotopic (exact) mass is 349 g/mol. The Morgan fingerprint density at radius 3 is 2.08 bits per heavy atom. The highest BCUT2D eigenvalue weighted by Gasteiger charge is 2.41. The number of benzene rings is 2. The topological polar surface area (TPSA) is 72.9 Å². The predicted octanol–water partition coefficient (Wildman–Crippen LogP) is 2.85. The second-order valence-corrected chi connectivity index (χ2v) is 6.64. The van der Waals surface area contributed by atoms with Gasteiger partial charge in [-0.3, -0.25) is 14.4 Å². The van der Waals surface area contributed by atoms with Crippen LogP contribution < -0.4 is 14.4 Å². The third-order valence-electron chi connectivity index (χ3n) is 4.91. The van der Waals surface area contributed by atoms with Crippen molar-refractivity contribution in [2.24, 2.45) is 5.92 Å². The van der Waals surface area contributed by atoms with Crippen molar-refractivity contribution >= 4 is 23.3 Å². The molecule has 2 amide bonds. The van der Waals surface area contributed by atoms with Gasteiger partial charge in [0.2, 0.25) is 0 Å². The Balaban J connectivity index is 1.67. The van der Waals surface area contributed by atoms with Crippen LogP contribution in [0, 0.1) is 5.92 Å². The van der Waals surface area contributed by atoms with Gasteiger partial charge in [-0.2, -0.15) is 0 Å². The van der Waals surface area contributed by atoms with Crippen molar-refractivity contribution < 1.29 is 23.9 Å². The summed E-state index contributed by atoms with van der Waals surface area (Å²) in [6, 6.07) is 9.85. The molecule has 2 heterocycles. The van der Waals surface area contributed by atoms with Gasteiger partial charge in [0.1, 0.15) is 13.2 Å². The molecule has 2 aromatic carbocycles. The minimum absolute atomic E-state index is 0.0495. The molecule has 0 N–H and O–H groups in total. The molecule has 2 aromatic rings. The minimum Gasteiger partial charge on any atom is -0.486 e. The molecule has 5 rings (SSSR count). The molecule has 2 aliphatic heterocycles. The molecule has 1 saturated carbocycles. The third kappa shape index (κ3) is 2.15. The van der Waals surface area contributed by atoms with Crippen LogP contribution in [0.3, 0.4) is 0 Å². The van der Waals surface area contributed by atoms with Gasteiger partial charge in [-0.05, 0) is 31.0 Å². The highest BCUT2D eigenvalue weighted by atomic mass is 16.6. The lowest BCUT2D eigenvalue weighted by Gasteiger charge is -2.23. The first-order chi connectivity index (χ1) is 12.6. The van der Waals surface area contributed by atoms with Gasteiger partial charge in [0.05, 0.1) is 16.8 Å². The van der Waals surface area contributed by atoms with E-state index in [4.69, 9.17) is 9.47 Å². The quantitative estimate of drug-likeness (QED) is 0.629. The molecule has 6 heteroatoms. The molecule has 6 nitrogen and oxygen atoms in total. The van der Waals surface area contributed by atoms with E-state index in [1.54, 1.807) is 36.4 Å². The Morgan fingerprint density at radius 1 is 0.923 bits per heavy atom. The Labute approximate surface area is 149 Å². The summed E-state index contributed by atoms with van der Waals surface area (Å²) in [5.41, 5.74) is 1.30. The molecule has 0 saturated heterocycles. The van der Waals surface area contributed by atoms with Crippen LogP contribution in [0.15, 0.2) is 36.4 Å². The smallest absolute Gasteiger partial charge is 0.266 e. The number of imide groups is 1. The summed E-state index contributed by atoms with van der Waals surface area (Å²) in [5.74, 6) is -0.0463. The molecule has 3 aliphatic rings. The number of hydrogen-bond acceptors (Lipinski definition) is 5. The van der Waals surface area contributed by atoms with Crippen molar-refractivity contribution in [3.05, 3.63) is 53.1 Å². The minimum atomic E-state index is -0.424. The Morgan fingerprint density at radius 2 is 1.50 bits per heavy atom. The summed E-state index contributed by atoms with van der Waals surface area (Å²) < 4.78 is 11.2. The molecule has 1 fully saturated rings. The number of hydrogen-bond donors (Lipinski definition) is 0. The zero-order valence-corrected chi connectivity index (χ0v) is 13.9. The number of rotatable bonds is 3. The Hall–Kier alpha value is -3.15. The summed E-state index contributed by atoms with van der Waals surface area (Å²) >= 11 is 0. The van der Waals surface area contributed by atoms with Gasteiger partial charge in [-0.25, -0.2) is 4.90 Å². The molecule has 130 valence electrons. The number of fused-ring (bicyclic) bond motifs is 2.